The zero-order valence-electron chi connectivity index (χ0n) is 25.9. The number of aryl methyl sites for hydroxylation is 1. The van der Waals surface area contributed by atoms with Crippen molar-refractivity contribution in [3.8, 4) is 17.2 Å². The second-order valence-electron chi connectivity index (χ2n) is 11.1. The molecule has 1 N–H and O–H groups in total. The Kier molecular flexibility index (Phi) is 9.39. The van der Waals surface area contributed by atoms with Crippen LogP contribution in [0.2, 0.25) is 0 Å². The number of halogens is 1. The Morgan fingerprint density at radius 3 is 2.32 bits per heavy atom. The SMILES string of the molecule is COc1cc(C=C2C(C)=C(CC(=O)NCc3cccn3C)c3cc(F)ccc32)cc(OC)c1OCC(=O)N1CCN(C)CC1. The lowest BCUT2D eigenvalue weighted by molar-refractivity contribution is -0.135. The highest BCUT2D eigenvalue weighted by Crippen LogP contribution is 2.45. The third kappa shape index (κ3) is 6.65. The fraction of sp³-hybridized carbons (Fsp3) is 0.353. The predicted octanol–water partition coefficient (Wildman–Crippen LogP) is 4.37. The molecule has 5 rings (SSSR count). The molecule has 2 amide bonds. The first kappa shape index (κ1) is 30.9. The van der Waals surface area contributed by atoms with Gasteiger partial charge in [0.25, 0.3) is 5.91 Å². The van der Waals surface area contributed by atoms with Crippen LogP contribution in [0.1, 0.15) is 35.7 Å². The molecule has 9 nitrogen and oxygen atoms in total. The van der Waals surface area contributed by atoms with Crippen molar-refractivity contribution in [2.24, 2.45) is 7.05 Å². The molecule has 0 spiro atoms. The summed E-state index contributed by atoms with van der Waals surface area (Å²) < 4.78 is 33.6. The Bertz CT molecular complexity index is 1590. The van der Waals surface area contributed by atoms with Gasteiger partial charge in [-0.05, 0) is 89.9 Å². The number of allylic oxidation sites excluding steroid dienone is 2. The number of amides is 2. The zero-order chi connectivity index (χ0) is 31.4. The third-order valence-electron chi connectivity index (χ3n) is 8.30. The largest absolute Gasteiger partial charge is 0.493 e. The number of benzene rings is 2. The molecular weight excluding hydrogens is 563 g/mol. The molecule has 0 bridgehead atoms. The molecular formula is C34H39FN4O5. The zero-order valence-corrected chi connectivity index (χ0v) is 25.9. The average molecular weight is 603 g/mol. The van der Waals surface area contributed by atoms with Crippen molar-refractivity contribution in [1.82, 2.24) is 19.7 Å². The van der Waals surface area contributed by atoms with Crippen LogP contribution in [0.5, 0.6) is 17.2 Å². The summed E-state index contributed by atoms with van der Waals surface area (Å²) in [5.41, 5.74) is 5.81. The number of rotatable bonds is 10. The molecule has 1 aliphatic carbocycles. The Balaban J connectivity index is 1.39. The van der Waals surface area contributed by atoms with Crippen LogP contribution in [0.15, 0.2) is 54.2 Å². The summed E-state index contributed by atoms with van der Waals surface area (Å²) in [6.45, 7) is 5.19. The summed E-state index contributed by atoms with van der Waals surface area (Å²) in [5, 5.41) is 2.98. The Labute approximate surface area is 257 Å². The van der Waals surface area contributed by atoms with Gasteiger partial charge in [-0.3, -0.25) is 9.59 Å². The number of nitrogens with one attached hydrogen (secondary N) is 1. The van der Waals surface area contributed by atoms with Crippen LogP contribution < -0.4 is 19.5 Å². The van der Waals surface area contributed by atoms with Crippen LogP contribution in [-0.4, -0.2) is 80.2 Å². The molecule has 1 saturated heterocycles. The third-order valence-corrected chi connectivity index (χ3v) is 8.30. The first-order chi connectivity index (χ1) is 21.2. The number of aromatic nitrogens is 1. The van der Waals surface area contributed by atoms with E-state index >= 15 is 0 Å². The minimum absolute atomic E-state index is 0.0934. The number of hydrogen-bond acceptors (Lipinski definition) is 6. The summed E-state index contributed by atoms with van der Waals surface area (Å²) in [6, 6.07) is 12.2. The number of piperazine rings is 1. The van der Waals surface area contributed by atoms with E-state index in [0.717, 1.165) is 46.6 Å². The molecule has 2 heterocycles. The maximum Gasteiger partial charge on any atom is 0.260 e. The highest BCUT2D eigenvalue weighted by molar-refractivity contribution is 6.08. The summed E-state index contributed by atoms with van der Waals surface area (Å²) in [4.78, 5) is 29.8. The van der Waals surface area contributed by atoms with E-state index in [1.54, 1.807) is 11.0 Å². The monoisotopic (exact) mass is 602 g/mol. The summed E-state index contributed by atoms with van der Waals surface area (Å²) in [7, 11) is 7.03. The van der Waals surface area contributed by atoms with Gasteiger partial charge in [-0.1, -0.05) is 6.07 Å². The van der Waals surface area contributed by atoms with Crippen molar-refractivity contribution >= 4 is 29.0 Å². The topological polar surface area (TPSA) is 85.3 Å². The van der Waals surface area contributed by atoms with E-state index in [1.807, 2.05) is 62.1 Å². The van der Waals surface area contributed by atoms with Crippen molar-refractivity contribution in [3.63, 3.8) is 0 Å². The van der Waals surface area contributed by atoms with E-state index < -0.39 is 0 Å². The van der Waals surface area contributed by atoms with Crippen molar-refractivity contribution < 1.29 is 28.2 Å². The molecule has 0 radical (unpaired) electrons. The van der Waals surface area contributed by atoms with Crippen molar-refractivity contribution in [1.29, 1.82) is 0 Å². The molecule has 0 saturated carbocycles. The normalized spacial score (nSPS) is 15.9. The lowest BCUT2D eigenvalue weighted by Gasteiger charge is -2.32. The first-order valence-electron chi connectivity index (χ1n) is 14.6. The fourth-order valence-electron chi connectivity index (χ4n) is 5.65. The number of likely N-dealkylation sites (N-methyl/N-ethyl adjacent to an activating group) is 1. The van der Waals surface area contributed by atoms with Crippen LogP contribution >= 0.6 is 0 Å². The Morgan fingerprint density at radius 2 is 1.68 bits per heavy atom. The number of fused-ring (bicyclic) bond motifs is 1. The number of methoxy groups -OCH3 is 2. The second-order valence-corrected chi connectivity index (χ2v) is 11.1. The summed E-state index contributed by atoms with van der Waals surface area (Å²) >= 11 is 0. The molecule has 0 atom stereocenters. The quantitative estimate of drug-likeness (QED) is 0.371. The second kappa shape index (κ2) is 13.4. The van der Waals surface area contributed by atoms with Gasteiger partial charge < -0.3 is 33.9 Å². The van der Waals surface area contributed by atoms with Gasteiger partial charge in [-0.25, -0.2) is 4.39 Å². The van der Waals surface area contributed by atoms with Crippen LogP contribution in [0.25, 0.3) is 17.2 Å². The van der Waals surface area contributed by atoms with Gasteiger partial charge in [0, 0.05) is 45.1 Å². The van der Waals surface area contributed by atoms with Gasteiger partial charge in [0.1, 0.15) is 5.82 Å². The van der Waals surface area contributed by atoms with Crippen LogP contribution in [0.4, 0.5) is 4.39 Å². The van der Waals surface area contributed by atoms with Crippen molar-refractivity contribution in [2.75, 3.05) is 54.1 Å². The van der Waals surface area contributed by atoms with E-state index in [-0.39, 0.29) is 30.7 Å². The fourth-order valence-corrected chi connectivity index (χ4v) is 5.65. The summed E-state index contributed by atoms with van der Waals surface area (Å²) in [5.74, 6) is 0.576. The van der Waals surface area contributed by atoms with E-state index in [4.69, 9.17) is 14.2 Å². The van der Waals surface area contributed by atoms with Gasteiger partial charge in [0.2, 0.25) is 11.7 Å². The summed E-state index contributed by atoms with van der Waals surface area (Å²) in [6.07, 6.45) is 4.01. The standard InChI is InChI=1S/C34H39FN4O5/c1-22-27(26-9-8-24(35)18-29(26)28(22)19-32(40)36-20-25-7-6-10-38(25)3)15-23-16-30(42-4)34(31(17-23)43-5)44-21-33(41)39-13-11-37(2)12-14-39/h6-10,15-18H,11-14,19-21H2,1-5H3,(H,36,40). The van der Waals surface area contributed by atoms with Crippen LogP contribution in [-0.2, 0) is 23.2 Å². The first-order valence-corrected chi connectivity index (χ1v) is 14.6. The van der Waals surface area contributed by atoms with E-state index in [9.17, 15) is 14.0 Å². The van der Waals surface area contributed by atoms with Crippen molar-refractivity contribution in [2.45, 2.75) is 19.9 Å². The van der Waals surface area contributed by atoms with Gasteiger partial charge in [0.15, 0.2) is 18.1 Å². The maximum atomic E-state index is 14.4. The van der Waals surface area contributed by atoms with Gasteiger partial charge in [0.05, 0.1) is 27.2 Å². The number of carbonyl (C=O) groups excluding carboxylic acids is 2. The predicted molar refractivity (Wildman–Crippen MR) is 168 cm³/mol. The van der Waals surface area contributed by atoms with Gasteiger partial charge in [-0.15, -0.1) is 0 Å². The molecule has 2 aliphatic rings. The Hall–Kier alpha value is -4.57. The molecule has 1 fully saturated rings. The molecule has 0 unspecified atom stereocenters. The van der Waals surface area contributed by atoms with E-state index in [0.29, 0.717) is 42.4 Å². The molecule has 1 aromatic heterocycles. The molecule has 2 aromatic carbocycles. The Morgan fingerprint density at radius 1 is 0.977 bits per heavy atom. The number of nitrogens with zero attached hydrogens (tertiary/aromatic N) is 3. The lowest BCUT2D eigenvalue weighted by Crippen LogP contribution is -2.48. The molecule has 232 valence electrons. The van der Waals surface area contributed by atoms with Crippen molar-refractivity contribution in [3.05, 3.63) is 82.4 Å². The molecule has 44 heavy (non-hydrogen) atoms. The highest BCUT2D eigenvalue weighted by atomic mass is 19.1. The smallest absolute Gasteiger partial charge is 0.260 e. The molecule has 10 heteroatoms. The maximum absolute atomic E-state index is 14.4. The van der Waals surface area contributed by atoms with Crippen LogP contribution in [0.3, 0.4) is 0 Å². The van der Waals surface area contributed by atoms with E-state index in [2.05, 4.69) is 10.2 Å². The number of hydrogen-bond donors (Lipinski definition) is 1. The van der Waals surface area contributed by atoms with E-state index in [1.165, 1.54) is 26.4 Å². The van der Waals surface area contributed by atoms with Gasteiger partial charge >= 0.3 is 0 Å². The van der Waals surface area contributed by atoms with Gasteiger partial charge in [-0.2, -0.15) is 0 Å². The number of carbonyl (C=O) groups is 2. The van der Waals surface area contributed by atoms with Crippen LogP contribution in [0, 0.1) is 5.82 Å². The minimum Gasteiger partial charge on any atom is -0.493 e. The molecule has 3 aromatic rings. The average Bonchev–Trinajstić information content (AvgIpc) is 3.54. The lowest BCUT2D eigenvalue weighted by atomic mass is 10.00. The highest BCUT2D eigenvalue weighted by Gasteiger charge is 2.27. The molecule has 1 aliphatic heterocycles. The minimum atomic E-state index is -0.365. The number of ether oxygens (including phenoxy) is 3.